The van der Waals surface area contributed by atoms with Crippen molar-refractivity contribution in [1.29, 1.82) is 0 Å². The van der Waals surface area contributed by atoms with E-state index in [1.54, 1.807) is 11.0 Å². The van der Waals surface area contributed by atoms with Crippen molar-refractivity contribution in [3.8, 4) is 0 Å². The lowest BCUT2D eigenvalue weighted by molar-refractivity contribution is -0.141. The van der Waals surface area contributed by atoms with Gasteiger partial charge in [-0.25, -0.2) is 0 Å². The number of amides is 1. The van der Waals surface area contributed by atoms with Crippen LogP contribution in [0.15, 0.2) is 12.1 Å². The molecule has 6 heteroatoms. The van der Waals surface area contributed by atoms with Crippen LogP contribution >= 0.6 is 23.2 Å². The molecule has 1 amide bonds. The molecule has 0 saturated heterocycles. The Kier molecular flexibility index (Phi) is 4.32. The molecule has 0 fully saturated rings. The molecule has 0 aliphatic carbocycles. The highest BCUT2D eigenvalue weighted by Gasteiger charge is 2.23. The van der Waals surface area contributed by atoms with Gasteiger partial charge in [0.1, 0.15) is 0 Å². The molecule has 1 aromatic carbocycles. The second kappa shape index (κ2) is 5.80. The second-order valence-electron chi connectivity index (χ2n) is 4.48. The van der Waals surface area contributed by atoms with Gasteiger partial charge in [0.05, 0.1) is 6.42 Å². The van der Waals surface area contributed by atoms with Crippen molar-refractivity contribution in [3.05, 3.63) is 33.3 Å². The highest BCUT2D eigenvalue weighted by atomic mass is 35.5. The molecule has 0 atom stereocenters. The molecule has 0 spiro atoms. The van der Waals surface area contributed by atoms with Crippen LogP contribution in [0.3, 0.4) is 0 Å². The fourth-order valence-electron chi connectivity index (χ4n) is 2.17. The topological polar surface area (TPSA) is 57.6 Å². The summed E-state index contributed by atoms with van der Waals surface area (Å²) in [6.45, 7) is 0.992. The van der Waals surface area contributed by atoms with Crippen molar-refractivity contribution in [2.45, 2.75) is 25.8 Å². The number of fused-ring (bicyclic) bond motifs is 1. The normalized spacial score (nSPS) is 14.1. The van der Waals surface area contributed by atoms with Gasteiger partial charge < -0.3 is 10.0 Å². The smallest absolute Gasteiger partial charge is 0.303 e. The van der Waals surface area contributed by atoms with Gasteiger partial charge in [-0.3, -0.25) is 9.59 Å². The molecule has 1 N–H and O–H groups in total. The fourth-order valence-corrected chi connectivity index (χ4v) is 2.76. The first-order valence-electron chi connectivity index (χ1n) is 5.93. The summed E-state index contributed by atoms with van der Waals surface area (Å²) in [5.41, 5.74) is 1.96. The maximum atomic E-state index is 11.9. The van der Waals surface area contributed by atoms with E-state index in [1.807, 2.05) is 6.07 Å². The van der Waals surface area contributed by atoms with Gasteiger partial charge >= 0.3 is 5.97 Å². The molecular formula is C13H13Cl2NO3. The van der Waals surface area contributed by atoms with Crippen LogP contribution in [-0.2, 0) is 22.6 Å². The average Bonchev–Trinajstić information content (AvgIpc) is 2.35. The van der Waals surface area contributed by atoms with E-state index in [-0.39, 0.29) is 18.7 Å². The minimum atomic E-state index is -0.962. The lowest BCUT2D eigenvalue weighted by Gasteiger charge is -2.29. The van der Waals surface area contributed by atoms with Crippen LogP contribution < -0.4 is 0 Å². The Morgan fingerprint density at radius 3 is 2.68 bits per heavy atom. The molecule has 19 heavy (non-hydrogen) atoms. The van der Waals surface area contributed by atoms with Crippen LogP contribution in [0.25, 0.3) is 0 Å². The van der Waals surface area contributed by atoms with E-state index < -0.39 is 5.97 Å². The molecule has 0 bridgehead atoms. The molecule has 0 aromatic heterocycles. The van der Waals surface area contributed by atoms with E-state index in [9.17, 15) is 9.59 Å². The van der Waals surface area contributed by atoms with Crippen molar-refractivity contribution in [3.63, 3.8) is 0 Å². The molecule has 1 heterocycles. The van der Waals surface area contributed by atoms with Gasteiger partial charge in [-0.15, -0.1) is 0 Å². The molecule has 0 unspecified atom stereocenters. The van der Waals surface area contributed by atoms with Crippen LogP contribution in [0.5, 0.6) is 0 Å². The first kappa shape index (κ1) is 14.2. The Balaban J connectivity index is 2.09. The van der Waals surface area contributed by atoms with E-state index in [0.29, 0.717) is 29.6 Å². The summed E-state index contributed by atoms with van der Waals surface area (Å²) in [7, 11) is 0. The molecule has 1 aliphatic rings. The number of nitrogens with zero attached hydrogens (tertiary/aromatic N) is 1. The summed E-state index contributed by atoms with van der Waals surface area (Å²) in [5.74, 6) is -1.12. The lowest BCUT2D eigenvalue weighted by atomic mass is 9.99. The minimum absolute atomic E-state index is 0.0237. The summed E-state index contributed by atoms with van der Waals surface area (Å²) in [4.78, 5) is 24.0. The summed E-state index contributed by atoms with van der Waals surface area (Å²) >= 11 is 12.1. The van der Waals surface area contributed by atoms with Crippen LogP contribution in [0.1, 0.15) is 24.0 Å². The number of hydrogen-bond donors (Lipinski definition) is 1. The van der Waals surface area contributed by atoms with Crippen molar-refractivity contribution in [2.75, 3.05) is 6.54 Å². The van der Waals surface area contributed by atoms with E-state index >= 15 is 0 Å². The monoisotopic (exact) mass is 301 g/mol. The molecular weight excluding hydrogens is 289 g/mol. The number of carboxylic acid groups (broad SMARTS) is 1. The SMILES string of the molecule is O=C(O)CCC(=O)N1CCc2cc(Cl)cc(Cl)c2C1. The lowest BCUT2D eigenvalue weighted by Crippen LogP contribution is -2.36. The van der Waals surface area contributed by atoms with Crippen LogP contribution in [0.4, 0.5) is 0 Å². The Labute approximate surface area is 120 Å². The molecule has 1 aliphatic heterocycles. The van der Waals surface area contributed by atoms with E-state index in [2.05, 4.69) is 0 Å². The van der Waals surface area contributed by atoms with Crippen molar-refractivity contribution in [2.24, 2.45) is 0 Å². The first-order valence-corrected chi connectivity index (χ1v) is 6.69. The van der Waals surface area contributed by atoms with Crippen molar-refractivity contribution >= 4 is 35.1 Å². The Morgan fingerprint density at radius 2 is 2.00 bits per heavy atom. The molecule has 1 aromatic rings. The van der Waals surface area contributed by atoms with Crippen molar-refractivity contribution in [1.82, 2.24) is 4.90 Å². The van der Waals surface area contributed by atoms with E-state index in [4.69, 9.17) is 28.3 Å². The fraction of sp³-hybridized carbons (Fsp3) is 0.385. The predicted molar refractivity (Wildman–Crippen MR) is 72.5 cm³/mol. The highest BCUT2D eigenvalue weighted by molar-refractivity contribution is 6.35. The Hall–Kier alpha value is -1.26. The third kappa shape index (κ3) is 3.39. The number of aliphatic carboxylic acids is 1. The molecule has 0 radical (unpaired) electrons. The second-order valence-corrected chi connectivity index (χ2v) is 5.33. The van der Waals surface area contributed by atoms with Gasteiger partial charge in [-0.1, -0.05) is 23.2 Å². The standard InChI is InChI=1S/C13H13Cl2NO3/c14-9-5-8-3-4-16(7-10(8)11(15)6-9)12(17)1-2-13(18)19/h5-6H,1-4,7H2,(H,18,19). The summed E-state index contributed by atoms with van der Waals surface area (Å²) in [5, 5.41) is 9.73. The van der Waals surface area contributed by atoms with Gasteiger partial charge in [0.25, 0.3) is 0 Å². The summed E-state index contributed by atoms with van der Waals surface area (Å²) in [6, 6.07) is 3.52. The van der Waals surface area contributed by atoms with Gasteiger partial charge in [0.2, 0.25) is 5.91 Å². The van der Waals surface area contributed by atoms with Gasteiger partial charge in [-0.2, -0.15) is 0 Å². The number of carbonyl (C=O) groups excluding carboxylic acids is 1. The maximum Gasteiger partial charge on any atom is 0.303 e. The zero-order chi connectivity index (χ0) is 14.0. The Morgan fingerprint density at radius 1 is 1.26 bits per heavy atom. The Bertz CT molecular complexity index is 531. The predicted octanol–water partition coefficient (Wildman–Crippen LogP) is 2.74. The number of carbonyl (C=O) groups is 2. The van der Waals surface area contributed by atoms with Crippen LogP contribution in [-0.4, -0.2) is 28.4 Å². The van der Waals surface area contributed by atoms with Gasteiger partial charge in [-0.05, 0) is 29.7 Å². The molecule has 102 valence electrons. The van der Waals surface area contributed by atoms with Crippen LogP contribution in [0, 0.1) is 0 Å². The number of halogens is 2. The molecule has 0 saturated carbocycles. The third-order valence-electron chi connectivity index (χ3n) is 3.16. The highest BCUT2D eigenvalue weighted by Crippen LogP contribution is 2.30. The first-order chi connectivity index (χ1) is 8.97. The number of benzene rings is 1. The van der Waals surface area contributed by atoms with E-state index in [0.717, 1.165) is 11.1 Å². The van der Waals surface area contributed by atoms with Gasteiger partial charge in [0.15, 0.2) is 0 Å². The third-order valence-corrected chi connectivity index (χ3v) is 3.71. The summed E-state index contributed by atoms with van der Waals surface area (Å²) in [6.07, 6.45) is 0.570. The maximum absolute atomic E-state index is 11.9. The van der Waals surface area contributed by atoms with Gasteiger partial charge in [0, 0.05) is 29.6 Å². The number of rotatable bonds is 3. The zero-order valence-corrected chi connectivity index (χ0v) is 11.7. The minimum Gasteiger partial charge on any atom is -0.481 e. The largest absolute Gasteiger partial charge is 0.481 e. The quantitative estimate of drug-likeness (QED) is 0.934. The number of hydrogen-bond acceptors (Lipinski definition) is 2. The average molecular weight is 302 g/mol. The molecule has 4 nitrogen and oxygen atoms in total. The number of carboxylic acids is 1. The van der Waals surface area contributed by atoms with E-state index in [1.165, 1.54) is 0 Å². The summed E-state index contributed by atoms with van der Waals surface area (Å²) < 4.78 is 0. The molecule has 2 rings (SSSR count). The zero-order valence-electron chi connectivity index (χ0n) is 10.2. The van der Waals surface area contributed by atoms with Crippen molar-refractivity contribution < 1.29 is 14.7 Å². The van der Waals surface area contributed by atoms with Crippen LogP contribution in [0.2, 0.25) is 10.0 Å².